The molecule has 158 valence electrons. The van der Waals surface area contributed by atoms with E-state index in [-0.39, 0.29) is 11.6 Å². The smallest absolute Gasteiger partial charge is 0.184 e. The first-order valence-corrected chi connectivity index (χ1v) is 12.1. The van der Waals surface area contributed by atoms with Crippen LogP contribution < -0.4 is 5.32 Å². The SMILES string of the molecule is O=S(=O)(CC=Cc1ccc(F)cc1)c1cn(CC2CCNCC2)c2cc(Cl)ccc12. The lowest BCUT2D eigenvalue weighted by Gasteiger charge is -2.23. The minimum atomic E-state index is -3.54. The zero-order valence-electron chi connectivity index (χ0n) is 16.5. The van der Waals surface area contributed by atoms with Gasteiger partial charge in [-0.1, -0.05) is 42.0 Å². The fraction of sp³-hybridized carbons (Fsp3) is 0.304. The minimum Gasteiger partial charge on any atom is -0.346 e. The Morgan fingerprint density at radius 3 is 2.60 bits per heavy atom. The van der Waals surface area contributed by atoms with Crippen molar-refractivity contribution >= 4 is 38.4 Å². The average molecular weight is 447 g/mol. The van der Waals surface area contributed by atoms with E-state index in [1.165, 1.54) is 12.1 Å². The molecule has 1 aromatic heterocycles. The van der Waals surface area contributed by atoms with Crippen molar-refractivity contribution in [2.24, 2.45) is 5.92 Å². The van der Waals surface area contributed by atoms with Crippen molar-refractivity contribution in [1.82, 2.24) is 9.88 Å². The van der Waals surface area contributed by atoms with Gasteiger partial charge in [0.15, 0.2) is 9.84 Å². The monoisotopic (exact) mass is 446 g/mol. The first-order chi connectivity index (χ1) is 14.4. The van der Waals surface area contributed by atoms with Crippen molar-refractivity contribution in [3.8, 4) is 0 Å². The van der Waals surface area contributed by atoms with Crippen LogP contribution in [-0.4, -0.2) is 31.8 Å². The molecule has 30 heavy (non-hydrogen) atoms. The third-order valence-corrected chi connectivity index (χ3v) is 7.41. The second kappa shape index (κ2) is 8.92. The predicted octanol–water partition coefficient (Wildman–Crippen LogP) is 4.92. The topological polar surface area (TPSA) is 51.1 Å². The average Bonchev–Trinajstić information content (AvgIpc) is 3.09. The lowest BCUT2D eigenvalue weighted by molar-refractivity contribution is 0.336. The summed E-state index contributed by atoms with van der Waals surface area (Å²) in [5, 5.41) is 4.65. The molecule has 0 atom stereocenters. The summed E-state index contributed by atoms with van der Waals surface area (Å²) < 4.78 is 41.3. The Hall–Kier alpha value is -2.15. The summed E-state index contributed by atoms with van der Waals surface area (Å²) in [5.74, 6) is 0.0640. The van der Waals surface area contributed by atoms with E-state index in [1.807, 2.05) is 10.6 Å². The maximum atomic E-state index is 13.1. The second-order valence-corrected chi connectivity index (χ2v) is 10.2. The summed E-state index contributed by atoms with van der Waals surface area (Å²) >= 11 is 6.21. The quantitative estimate of drug-likeness (QED) is 0.584. The number of nitrogens with zero attached hydrogens (tertiary/aromatic N) is 1. The number of piperidine rings is 1. The van der Waals surface area contributed by atoms with Crippen LogP contribution >= 0.6 is 11.6 Å². The molecule has 0 aliphatic carbocycles. The number of sulfone groups is 1. The Balaban J connectivity index is 1.62. The molecule has 7 heteroatoms. The highest BCUT2D eigenvalue weighted by molar-refractivity contribution is 7.91. The highest BCUT2D eigenvalue weighted by Crippen LogP contribution is 2.30. The van der Waals surface area contributed by atoms with Crippen LogP contribution in [0.25, 0.3) is 17.0 Å². The number of hydrogen-bond acceptors (Lipinski definition) is 3. The van der Waals surface area contributed by atoms with Crippen molar-refractivity contribution in [1.29, 1.82) is 0 Å². The molecule has 1 saturated heterocycles. The molecule has 0 saturated carbocycles. The molecule has 2 aromatic carbocycles. The van der Waals surface area contributed by atoms with Crippen LogP contribution in [0.5, 0.6) is 0 Å². The maximum Gasteiger partial charge on any atom is 0.184 e. The van der Waals surface area contributed by atoms with Gasteiger partial charge in [0.05, 0.1) is 16.2 Å². The van der Waals surface area contributed by atoms with Crippen LogP contribution in [0, 0.1) is 11.7 Å². The van der Waals surface area contributed by atoms with E-state index in [1.54, 1.807) is 42.6 Å². The van der Waals surface area contributed by atoms with Gasteiger partial charge in [0.1, 0.15) is 5.82 Å². The molecular formula is C23H24ClFN2O2S. The van der Waals surface area contributed by atoms with Gasteiger partial charge in [0.2, 0.25) is 0 Å². The van der Waals surface area contributed by atoms with Gasteiger partial charge in [-0.2, -0.15) is 0 Å². The normalized spacial score (nSPS) is 15.9. The number of rotatable bonds is 6. The number of halogens is 2. The van der Waals surface area contributed by atoms with Crippen LogP contribution in [0.4, 0.5) is 4.39 Å². The fourth-order valence-electron chi connectivity index (χ4n) is 3.95. The van der Waals surface area contributed by atoms with Gasteiger partial charge in [-0.05, 0) is 61.7 Å². The molecular weight excluding hydrogens is 423 g/mol. The standard InChI is InChI=1S/C23H24ClFN2O2S/c24-19-5-8-21-22(14-19)27(15-18-9-11-26-12-10-18)16-23(21)30(28,29)13-1-2-17-3-6-20(25)7-4-17/h1-8,14,16,18,26H,9-13,15H2. The number of fused-ring (bicyclic) bond motifs is 1. The van der Waals surface area contributed by atoms with Gasteiger partial charge < -0.3 is 9.88 Å². The van der Waals surface area contributed by atoms with Crippen LogP contribution in [0.1, 0.15) is 18.4 Å². The van der Waals surface area contributed by atoms with Crippen LogP contribution in [0.15, 0.2) is 59.6 Å². The van der Waals surface area contributed by atoms with E-state index >= 15 is 0 Å². The third-order valence-electron chi connectivity index (χ3n) is 5.55. The molecule has 0 bridgehead atoms. The van der Waals surface area contributed by atoms with Crippen LogP contribution in [0.3, 0.4) is 0 Å². The Labute approximate surface area is 181 Å². The Bertz CT molecular complexity index is 1160. The number of benzene rings is 2. The second-order valence-electron chi connectivity index (χ2n) is 7.74. The zero-order chi connectivity index (χ0) is 21.1. The van der Waals surface area contributed by atoms with Gasteiger partial charge in [-0.25, -0.2) is 12.8 Å². The van der Waals surface area contributed by atoms with E-state index in [4.69, 9.17) is 11.6 Å². The van der Waals surface area contributed by atoms with Gasteiger partial charge in [-0.3, -0.25) is 0 Å². The van der Waals surface area contributed by atoms with Crippen molar-refractivity contribution in [3.63, 3.8) is 0 Å². The summed E-state index contributed by atoms with van der Waals surface area (Å²) in [6, 6.07) is 11.3. The Morgan fingerprint density at radius 2 is 1.87 bits per heavy atom. The lowest BCUT2D eigenvalue weighted by atomic mass is 9.98. The molecule has 0 spiro atoms. The van der Waals surface area contributed by atoms with Gasteiger partial charge in [0.25, 0.3) is 0 Å². The van der Waals surface area contributed by atoms with Crippen molar-refractivity contribution in [2.75, 3.05) is 18.8 Å². The minimum absolute atomic E-state index is 0.126. The summed E-state index contributed by atoms with van der Waals surface area (Å²) in [7, 11) is -3.54. The maximum absolute atomic E-state index is 13.1. The molecule has 1 aliphatic rings. The predicted molar refractivity (Wildman–Crippen MR) is 120 cm³/mol. The molecule has 2 heterocycles. The Morgan fingerprint density at radius 1 is 1.13 bits per heavy atom. The number of hydrogen-bond donors (Lipinski definition) is 1. The summed E-state index contributed by atoms with van der Waals surface area (Å²) in [5.41, 5.74) is 1.61. The van der Waals surface area contributed by atoms with E-state index in [0.29, 0.717) is 21.2 Å². The molecule has 0 amide bonds. The molecule has 4 nitrogen and oxygen atoms in total. The lowest BCUT2D eigenvalue weighted by Crippen LogP contribution is -2.29. The highest BCUT2D eigenvalue weighted by Gasteiger charge is 2.22. The number of aromatic nitrogens is 1. The van der Waals surface area contributed by atoms with Crippen molar-refractivity contribution in [2.45, 2.75) is 24.3 Å². The molecule has 3 aromatic rings. The van der Waals surface area contributed by atoms with Crippen LogP contribution in [0.2, 0.25) is 5.02 Å². The molecule has 1 N–H and O–H groups in total. The molecule has 0 unspecified atom stereocenters. The molecule has 4 rings (SSSR count). The van der Waals surface area contributed by atoms with Crippen molar-refractivity contribution < 1.29 is 12.8 Å². The molecule has 1 fully saturated rings. The van der Waals surface area contributed by atoms with Gasteiger partial charge >= 0.3 is 0 Å². The van der Waals surface area contributed by atoms with E-state index in [0.717, 1.165) is 43.6 Å². The van der Waals surface area contributed by atoms with E-state index < -0.39 is 9.84 Å². The third kappa shape index (κ3) is 4.77. The van der Waals surface area contributed by atoms with E-state index in [2.05, 4.69) is 5.32 Å². The zero-order valence-corrected chi connectivity index (χ0v) is 18.1. The summed E-state index contributed by atoms with van der Waals surface area (Å²) in [6.45, 7) is 2.76. The first kappa shape index (κ1) is 21.1. The molecule has 1 aliphatic heterocycles. The summed E-state index contributed by atoms with van der Waals surface area (Å²) in [6.07, 6.45) is 7.20. The Kier molecular flexibility index (Phi) is 6.27. The van der Waals surface area contributed by atoms with Gasteiger partial charge in [-0.15, -0.1) is 0 Å². The first-order valence-electron chi connectivity index (χ1n) is 10.1. The number of nitrogens with one attached hydrogen (secondary N) is 1. The van der Waals surface area contributed by atoms with Gasteiger partial charge in [0, 0.05) is 23.2 Å². The van der Waals surface area contributed by atoms with E-state index in [9.17, 15) is 12.8 Å². The van der Waals surface area contributed by atoms with Crippen LogP contribution in [-0.2, 0) is 16.4 Å². The van der Waals surface area contributed by atoms with Crippen molar-refractivity contribution in [3.05, 3.63) is 71.1 Å². The fourth-order valence-corrected chi connectivity index (χ4v) is 5.44. The summed E-state index contributed by atoms with van der Waals surface area (Å²) in [4.78, 5) is 0.326. The highest BCUT2D eigenvalue weighted by atomic mass is 35.5. The molecule has 0 radical (unpaired) electrons. The largest absolute Gasteiger partial charge is 0.346 e.